The molecule has 0 aliphatic carbocycles. The van der Waals surface area contributed by atoms with Crippen molar-refractivity contribution in [1.82, 2.24) is 10.4 Å². The van der Waals surface area contributed by atoms with Crippen LogP contribution >= 0.6 is 11.6 Å². The zero-order valence-corrected chi connectivity index (χ0v) is 18.5. The lowest BCUT2D eigenvalue weighted by molar-refractivity contribution is -0.385. The Labute approximate surface area is 198 Å². The van der Waals surface area contributed by atoms with Gasteiger partial charge in [0.05, 0.1) is 22.2 Å². The standard InChI is InChI=1S/C23H17ClN4O6/c1-2-33-19-12-14(10-17-22(29)26-27(23(17)30)15-6-4-3-5-7-15)11-18(24)21(19)34-20-9-8-16(13-25-20)28(31)32/h3-13H,2H2,1H3,(H,26,29)/b17-10-. The van der Waals surface area contributed by atoms with Gasteiger partial charge in [0.1, 0.15) is 11.8 Å². The van der Waals surface area contributed by atoms with E-state index in [0.29, 0.717) is 11.3 Å². The van der Waals surface area contributed by atoms with Gasteiger partial charge in [-0.05, 0) is 42.8 Å². The first-order valence-electron chi connectivity index (χ1n) is 10.0. The number of carbonyl (C=O) groups excluding carboxylic acids is 2. The number of nitrogens with zero attached hydrogens (tertiary/aromatic N) is 3. The number of nitro groups is 1. The van der Waals surface area contributed by atoms with Gasteiger partial charge in [0.2, 0.25) is 5.88 Å². The van der Waals surface area contributed by atoms with E-state index in [0.717, 1.165) is 11.2 Å². The van der Waals surface area contributed by atoms with Crippen molar-refractivity contribution in [2.24, 2.45) is 0 Å². The molecule has 3 aromatic rings. The van der Waals surface area contributed by atoms with Crippen molar-refractivity contribution in [3.63, 3.8) is 0 Å². The van der Waals surface area contributed by atoms with Crippen LogP contribution in [0.4, 0.5) is 11.4 Å². The number of rotatable bonds is 7. The molecule has 2 amide bonds. The van der Waals surface area contributed by atoms with Crippen molar-refractivity contribution in [3.05, 3.63) is 87.1 Å². The summed E-state index contributed by atoms with van der Waals surface area (Å²) in [5.41, 5.74) is 3.23. The monoisotopic (exact) mass is 480 g/mol. The lowest BCUT2D eigenvalue weighted by Crippen LogP contribution is -2.35. The smallest absolute Gasteiger partial charge is 0.287 e. The molecule has 0 atom stereocenters. The molecule has 11 heteroatoms. The maximum Gasteiger partial charge on any atom is 0.287 e. The molecule has 1 fully saturated rings. The quantitative estimate of drug-likeness (QED) is 0.231. The Balaban J connectivity index is 1.64. The second kappa shape index (κ2) is 9.59. The molecule has 2 aromatic carbocycles. The van der Waals surface area contributed by atoms with Crippen molar-refractivity contribution in [2.75, 3.05) is 11.6 Å². The number of anilines is 1. The minimum Gasteiger partial charge on any atom is -0.490 e. The second-order valence-corrected chi connectivity index (χ2v) is 7.36. The van der Waals surface area contributed by atoms with Gasteiger partial charge in [0, 0.05) is 12.1 Å². The Morgan fingerprint density at radius 3 is 2.59 bits per heavy atom. The molecular weight excluding hydrogens is 464 g/mol. The number of para-hydroxylation sites is 1. The Kier molecular flexibility index (Phi) is 6.42. The average Bonchev–Trinajstić information content (AvgIpc) is 3.10. The zero-order chi connectivity index (χ0) is 24.2. The van der Waals surface area contributed by atoms with E-state index in [1.807, 2.05) is 0 Å². The third-order valence-electron chi connectivity index (χ3n) is 4.69. The Hall–Kier alpha value is -4.44. The van der Waals surface area contributed by atoms with E-state index in [1.165, 1.54) is 24.3 Å². The number of aromatic nitrogens is 1. The average molecular weight is 481 g/mol. The van der Waals surface area contributed by atoms with E-state index < -0.39 is 16.7 Å². The number of halogens is 1. The van der Waals surface area contributed by atoms with Gasteiger partial charge < -0.3 is 9.47 Å². The normalized spacial score (nSPS) is 14.3. The first-order chi connectivity index (χ1) is 16.4. The number of benzene rings is 2. The lowest BCUT2D eigenvalue weighted by Gasteiger charge is -2.14. The molecule has 4 rings (SSSR count). The molecular formula is C23H17ClN4O6. The molecule has 10 nitrogen and oxygen atoms in total. The Bertz CT molecular complexity index is 1290. The largest absolute Gasteiger partial charge is 0.490 e. The predicted octanol–water partition coefficient (Wildman–Crippen LogP) is 4.30. The lowest BCUT2D eigenvalue weighted by atomic mass is 10.1. The first-order valence-corrected chi connectivity index (χ1v) is 10.4. The number of hydrazine groups is 1. The van der Waals surface area contributed by atoms with Crippen LogP contribution in [0.15, 0.2) is 66.4 Å². The summed E-state index contributed by atoms with van der Waals surface area (Å²) in [5, 5.41) is 12.1. The summed E-state index contributed by atoms with van der Waals surface area (Å²) in [6.45, 7) is 2.04. The summed E-state index contributed by atoms with van der Waals surface area (Å²) in [7, 11) is 0. The third-order valence-corrected chi connectivity index (χ3v) is 4.97. The molecule has 1 aliphatic rings. The van der Waals surface area contributed by atoms with E-state index in [2.05, 4.69) is 10.4 Å². The number of pyridine rings is 1. The number of hydrogen-bond acceptors (Lipinski definition) is 7. The SMILES string of the molecule is CCOc1cc(/C=C2/C(=O)NN(c3ccccc3)C2=O)cc(Cl)c1Oc1ccc([N+](=O)[O-])cn1. The number of amides is 2. The topological polar surface area (TPSA) is 124 Å². The van der Waals surface area contributed by atoms with Gasteiger partial charge in [-0.15, -0.1) is 0 Å². The van der Waals surface area contributed by atoms with E-state index in [4.69, 9.17) is 21.1 Å². The van der Waals surface area contributed by atoms with Crippen LogP contribution in [0.25, 0.3) is 6.08 Å². The molecule has 2 heterocycles. The molecule has 1 aliphatic heterocycles. The van der Waals surface area contributed by atoms with E-state index >= 15 is 0 Å². The zero-order valence-electron chi connectivity index (χ0n) is 17.7. The molecule has 0 bridgehead atoms. The molecule has 0 saturated carbocycles. The van der Waals surface area contributed by atoms with E-state index in [9.17, 15) is 19.7 Å². The van der Waals surface area contributed by atoms with Crippen LogP contribution in [0.5, 0.6) is 17.4 Å². The molecule has 34 heavy (non-hydrogen) atoms. The highest BCUT2D eigenvalue weighted by Crippen LogP contribution is 2.40. The third kappa shape index (κ3) is 4.66. The highest BCUT2D eigenvalue weighted by Gasteiger charge is 2.34. The van der Waals surface area contributed by atoms with Crippen LogP contribution in [0.3, 0.4) is 0 Å². The summed E-state index contributed by atoms with van der Waals surface area (Å²) < 4.78 is 11.3. The molecule has 0 unspecified atom stereocenters. The fourth-order valence-corrected chi connectivity index (χ4v) is 3.42. The van der Waals surface area contributed by atoms with Crippen LogP contribution in [0, 0.1) is 10.1 Å². The van der Waals surface area contributed by atoms with Crippen LogP contribution in [-0.2, 0) is 9.59 Å². The highest BCUT2D eigenvalue weighted by atomic mass is 35.5. The molecule has 1 N–H and O–H groups in total. The summed E-state index contributed by atoms with van der Waals surface area (Å²) in [6, 6.07) is 14.4. The summed E-state index contributed by atoms with van der Waals surface area (Å²) in [4.78, 5) is 39.4. The van der Waals surface area contributed by atoms with Gasteiger partial charge in [-0.1, -0.05) is 29.8 Å². The summed E-state index contributed by atoms with van der Waals surface area (Å²) in [5.74, 6) is -0.615. The molecule has 0 spiro atoms. The second-order valence-electron chi connectivity index (χ2n) is 6.95. The van der Waals surface area contributed by atoms with E-state index in [1.54, 1.807) is 43.3 Å². The van der Waals surface area contributed by atoms with Crippen molar-refractivity contribution < 1.29 is 24.0 Å². The van der Waals surface area contributed by atoms with Crippen molar-refractivity contribution in [2.45, 2.75) is 6.92 Å². The molecule has 1 saturated heterocycles. The number of nitrogens with one attached hydrogen (secondary N) is 1. The van der Waals surface area contributed by atoms with Crippen molar-refractivity contribution in [3.8, 4) is 17.4 Å². The number of carbonyl (C=O) groups is 2. The summed E-state index contributed by atoms with van der Waals surface area (Å²) in [6.07, 6.45) is 2.47. The highest BCUT2D eigenvalue weighted by molar-refractivity contribution is 6.33. The Morgan fingerprint density at radius 2 is 1.94 bits per heavy atom. The van der Waals surface area contributed by atoms with Gasteiger partial charge >= 0.3 is 0 Å². The molecule has 172 valence electrons. The van der Waals surface area contributed by atoms with Gasteiger partial charge in [-0.25, -0.2) is 9.99 Å². The maximum absolute atomic E-state index is 12.8. The minimum absolute atomic E-state index is 0.0726. The summed E-state index contributed by atoms with van der Waals surface area (Å²) >= 11 is 6.42. The van der Waals surface area contributed by atoms with Gasteiger partial charge in [-0.3, -0.25) is 25.1 Å². The fourth-order valence-electron chi connectivity index (χ4n) is 3.16. The van der Waals surface area contributed by atoms with Gasteiger partial charge in [0.15, 0.2) is 11.5 Å². The number of hydrogen-bond donors (Lipinski definition) is 1. The first kappa shape index (κ1) is 22.7. The van der Waals surface area contributed by atoms with Crippen LogP contribution in [0.2, 0.25) is 5.02 Å². The number of ether oxygens (including phenoxy) is 2. The van der Waals surface area contributed by atoms with Crippen LogP contribution < -0.4 is 19.9 Å². The molecule has 1 aromatic heterocycles. The van der Waals surface area contributed by atoms with Gasteiger partial charge in [0.25, 0.3) is 17.5 Å². The molecule has 0 radical (unpaired) electrons. The van der Waals surface area contributed by atoms with Crippen LogP contribution in [0.1, 0.15) is 12.5 Å². The van der Waals surface area contributed by atoms with Gasteiger partial charge in [-0.2, -0.15) is 0 Å². The van der Waals surface area contributed by atoms with E-state index in [-0.39, 0.29) is 40.3 Å². The Morgan fingerprint density at radius 1 is 1.18 bits per heavy atom. The minimum atomic E-state index is -0.572. The van der Waals surface area contributed by atoms with Crippen molar-refractivity contribution in [1.29, 1.82) is 0 Å². The predicted molar refractivity (Wildman–Crippen MR) is 124 cm³/mol. The maximum atomic E-state index is 12.8. The fraction of sp³-hybridized carbons (Fsp3) is 0.0870. The van der Waals surface area contributed by atoms with Crippen LogP contribution in [-0.4, -0.2) is 28.3 Å². The van der Waals surface area contributed by atoms with Crippen molar-refractivity contribution >= 4 is 40.9 Å².